The van der Waals surface area contributed by atoms with Crippen molar-refractivity contribution in [3.8, 4) is 5.75 Å². The predicted octanol–water partition coefficient (Wildman–Crippen LogP) is 2.60. The summed E-state index contributed by atoms with van der Waals surface area (Å²) < 4.78 is 5.38. The summed E-state index contributed by atoms with van der Waals surface area (Å²) in [5.41, 5.74) is 6.85. The quantitative estimate of drug-likeness (QED) is 0.654. The molecule has 120 valence electrons. The monoisotopic (exact) mass is 330 g/mol. The van der Waals surface area contributed by atoms with Gasteiger partial charge in [0.25, 0.3) is 11.8 Å². The average Bonchev–Trinajstić information content (AvgIpc) is 3.05. The zero-order valence-electron chi connectivity index (χ0n) is 13.0. The molecule has 6 heteroatoms. The number of benzene rings is 1. The van der Waals surface area contributed by atoms with Crippen molar-refractivity contribution in [1.82, 2.24) is 10.9 Å². The normalized spacial score (nSPS) is 10.5. The lowest BCUT2D eigenvalue weighted by molar-refractivity contribution is -0.128. The van der Waals surface area contributed by atoms with E-state index in [1.165, 1.54) is 17.4 Å². The third-order valence-corrected chi connectivity index (χ3v) is 3.95. The van der Waals surface area contributed by atoms with Gasteiger partial charge in [0.1, 0.15) is 5.75 Å². The first kappa shape index (κ1) is 16.8. The van der Waals surface area contributed by atoms with E-state index in [9.17, 15) is 9.59 Å². The molecule has 2 amide bonds. The van der Waals surface area contributed by atoms with E-state index in [0.29, 0.717) is 5.75 Å². The molecule has 0 aliphatic rings. The van der Waals surface area contributed by atoms with E-state index in [2.05, 4.69) is 10.9 Å². The highest BCUT2D eigenvalue weighted by molar-refractivity contribution is 7.10. The van der Waals surface area contributed by atoms with Crippen molar-refractivity contribution in [2.75, 3.05) is 6.61 Å². The number of carbonyl (C=O) groups excluding carboxylic acids is 2. The lowest BCUT2D eigenvalue weighted by Gasteiger charge is -2.09. The fourth-order valence-electron chi connectivity index (χ4n) is 1.71. The van der Waals surface area contributed by atoms with Gasteiger partial charge in [-0.2, -0.15) is 0 Å². The number of ether oxygens (including phenoxy) is 1. The first-order valence-corrected chi connectivity index (χ1v) is 7.93. The van der Waals surface area contributed by atoms with Crippen molar-refractivity contribution >= 4 is 29.2 Å². The Labute approximate surface area is 139 Å². The maximum absolute atomic E-state index is 11.6. The van der Waals surface area contributed by atoms with E-state index < -0.39 is 11.8 Å². The molecule has 0 fully saturated rings. The Bertz CT molecular complexity index is 709. The number of hydrogen-bond donors (Lipinski definition) is 2. The lowest BCUT2D eigenvalue weighted by Crippen LogP contribution is -2.43. The average molecular weight is 330 g/mol. The third kappa shape index (κ3) is 5.60. The van der Waals surface area contributed by atoms with Gasteiger partial charge in [0.05, 0.1) is 0 Å². The molecule has 0 bridgehead atoms. The van der Waals surface area contributed by atoms with Gasteiger partial charge in [-0.15, -0.1) is 11.3 Å². The molecule has 0 saturated carbocycles. The molecule has 2 N–H and O–H groups in total. The van der Waals surface area contributed by atoms with Gasteiger partial charge in [-0.3, -0.25) is 20.4 Å². The van der Waals surface area contributed by atoms with Crippen LogP contribution in [0.5, 0.6) is 5.75 Å². The molecule has 2 rings (SSSR count). The van der Waals surface area contributed by atoms with Crippen molar-refractivity contribution < 1.29 is 14.3 Å². The van der Waals surface area contributed by atoms with Crippen LogP contribution < -0.4 is 15.6 Å². The van der Waals surface area contributed by atoms with Crippen LogP contribution in [0.1, 0.15) is 16.0 Å². The van der Waals surface area contributed by atoms with E-state index in [1.807, 2.05) is 43.5 Å². The van der Waals surface area contributed by atoms with E-state index in [1.54, 1.807) is 12.1 Å². The predicted molar refractivity (Wildman–Crippen MR) is 91.0 cm³/mol. The van der Waals surface area contributed by atoms with Gasteiger partial charge in [-0.25, -0.2) is 0 Å². The lowest BCUT2D eigenvalue weighted by atomic mass is 10.1. The minimum atomic E-state index is -0.430. The first-order valence-electron chi connectivity index (χ1n) is 7.05. The van der Waals surface area contributed by atoms with Crippen LogP contribution >= 0.6 is 11.3 Å². The first-order chi connectivity index (χ1) is 11.0. The van der Waals surface area contributed by atoms with Gasteiger partial charge in [-0.1, -0.05) is 12.1 Å². The summed E-state index contributed by atoms with van der Waals surface area (Å²) in [5.74, 6) is -0.216. The molecule has 2 aromatic rings. The molecule has 0 unspecified atom stereocenters. The number of rotatable bonds is 5. The summed E-state index contributed by atoms with van der Waals surface area (Å²) in [4.78, 5) is 24.1. The molecule has 1 aromatic heterocycles. The fraction of sp³-hybridized carbons (Fsp3) is 0.176. The molecular formula is C17H18N2O3S. The SMILES string of the molecule is Cc1ccc(OCC(=O)NNC(=O)/C=C/c2cccs2)cc1C. The van der Waals surface area contributed by atoms with Crippen molar-refractivity contribution in [2.24, 2.45) is 0 Å². The molecule has 0 radical (unpaired) electrons. The Morgan fingerprint density at radius 1 is 1.17 bits per heavy atom. The van der Waals surface area contributed by atoms with Crippen molar-refractivity contribution in [3.63, 3.8) is 0 Å². The Morgan fingerprint density at radius 3 is 2.70 bits per heavy atom. The molecule has 1 heterocycles. The number of carbonyl (C=O) groups is 2. The van der Waals surface area contributed by atoms with Crippen LogP contribution in [0.3, 0.4) is 0 Å². The highest BCUT2D eigenvalue weighted by atomic mass is 32.1. The summed E-state index contributed by atoms with van der Waals surface area (Å²) in [6.07, 6.45) is 3.04. The van der Waals surface area contributed by atoms with Crippen LogP contribution in [0.15, 0.2) is 41.8 Å². The maximum Gasteiger partial charge on any atom is 0.276 e. The maximum atomic E-state index is 11.6. The zero-order chi connectivity index (χ0) is 16.7. The van der Waals surface area contributed by atoms with Crippen LogP contribution in [0.4, 0.5) is 0 Å². The molecule has 1 aromatic carbocycles. The van der Waals surface area contributed by atoms with E-state index in [-0.39, 0.29) is 6.61 Å². The highest BCUT2D eigenvalue weighted by Crippen LogP contribution is 2.16. The Kier molecular flexibility index (Phi) is 5.94. The second-order valence-electron chi connectivity index (χ2n) is 4.92. The van der Waals surface area contributed by atoms with Gasteiger partial charge in [0, 0.05) is 11.0 Å². The number of hydrogen-bond acceptors (Lipinski definition) is 4. The van der Waals surface area contributed by atoms with E-state index >= 15 is 0 Å². The van der Waals surface area contributed by atoms with Crippen molar-refractivity contribution in [2.45, 2.75) is 13.8 Å². The molecular weight excluding hydrogens is 312 g/mol. The Morgan fingerprint density at radius 2 is 2.00 bits per heavy atom. The molecule has 0 aliphatic heterocycles. The van der Waals surface area contributed by atoms with Crippen LogP contribution in [-0.2, 0) is 9.59 Å². The molecule has 0 saturated heterocycles. The third-order valence-electron chi connectivity index (χ3n) is 3.12. The number of aryl methyl sites for hydroxylation is 2. The molecule has 23 heavy (non-hydrogen) atoms. The molecule has 0 atom stereocenters. The Hall–Kier alpha value is -2.60. The number of thiophene rings is 1. The Balaban J connectivity index is 1.72. The van der Waals surface area contributed by atoms with Crippen LogP contribution in [0.25, 0.3) is 6.08 Å². The van der Waals surface area contributed by atoms with Crippen LogP contribution in [0.2, 0.25) is 0 Å². The fourth-order valence-corrected chi connectivity index (χ4v) is 2.32. The van der Waals surface area contributed by atoms with Crippen LogP contribution in [0, 0.1) is 13.8 Å². The second-order valence-corrected chi connectivity index (χ2v) is 5.90. The minimum Gasteiger partial charge on any atom is -0.484 e. The summed E-state index contributed by atoms with van der Waals surface area (Å²) in [6, 6.07) is 9.39. The molecule has 0 aliphatic carbocycles. The highest BCUT2D eigenvalue weighted by Gasteiger charge is 2.04. The van der Waals surface area contributed by atoms with Gasteiger partial charge >= 0.3 is 0 Å². The zero-order valence-corrected chi connectivity index (χ0v) is 13.8. The van der Waals surface area contributed by atoms with Gasteiger partial charge in [0.2, 0.25) is 0 Å². The van der Waals surface area contributed by atoms with E-state index in [0.717, 1.165) is 16.0 Å². The number of nitrogens with one attached hydrogen (secondary N) is 2. The summed E-state index contributed by atoms with van der Waals surface area (Å²) in [7, 11) is 0. The largest absolute Gasteiger partial charge is 0.484 e. The number of amides is 2. The van der Waals surface area contributed by atoms with Crippen LogP contribution in [-0.4, -0.2) is 18.4 Å². The van der Waals surface area contributed by atoms with Crippen molar-refractivity contribution in [1.29, 1.82) is 0 Å². The van der Waals surface area contributed by atoms with E-state index in [4.69, 9.17) is 4.74 Å². The summed E-state index contributed by atoms with van der Waals surface area (Å²) in [6.45, 7) is 3.81. The smallest absolute Gasteiger partial charge is 0.276 e. The summed E-state index contributed by atoms with van der Waals surface area (Å²) in [5, 5.41) is 1.92. The standard InChI is InChI=1S/C17H18N2O3S/c1-12-5-6-14(10-13(12)2)22-11-17(21)19-18-16(20)8-7-15-4-3-9-23-15/h3-10H,11H2,1-2H3,(H,18,20)(H,19,21)/b8-7+. The summed E-state index contributed by atoms with van der Waals surface area (Å²) >= 11 is 1.52. The van der Waals surface area contributed by atoms with Gasteiger partial charge < -0.3 is 4.74 Å². The minimum absolute atomic E-state index is 0.169. The number of hydrazine groups is 1. The van der Waals surface area contributed by atoms with Crippen molar-refractivity contribution in [3.05, 3.63) is 57.8 Å². The molecule has 5 nitrogen and oxygen atoms in total. The molecule has 0 spiro atoms. The van der Waals surface area contributed by atoms with Gasteiger partial charge in [0.15, 0.2) is 6.61 Å². The van der Waals surface area contributed by atoms with Gasteiger partial charge in [-0.05, 0) is 54.6 Å². The topological polar surface area (TPSA) is 67.4 Å². The second kappa shape index (κ2) is 8.14.